The predicted octanol–water partition coefficient (Wildman–Crippen LogP) is 5.38. The molecule has 39 heavy (non-hydrogen) atoms. The standard InChI is InChI=1S/C30H29FN4O3S/c1-19(2)32-25(36)17-34-26(37)18-39-29(23-11-7-8-12-24(23)38-3)27-28(20-9-5-4-6-10-20)33-35(30(27)34)22-15-13-21(31)14-16-22/h4-16,19,29H,17-18H2,1-3H3,(H,32,36)/t29-/m0/s1. The Morgan fingerprint density at radius 3 is 2.46 bits per heavy atom. The second-order valence-corrected chi connectivity index (χ2v) is 10.6. The third-order valence-electron chi connectivity index (χ3n) is 6.38. The van der Waals surface area contributed by atoms with Crippen LogP contribution >= 0.6 is 11.8 Å². The van der Waals surface area contributed by atoms with Gasteiger partial charge in [-0.2, -0.15) is 5.10 Å². The van der Waals surface area contributed by atoms with Crippen LogP contribution in [0.25, 0.3) is 16.9 Å². The van der Waals surface area contributed by atoms with Crippen LogP contribution in [-0.2, 0) is 9.59 Å². The van der Waals surface area contributed by atoms with Gasteiger partial charge in [-0.05, 0) is 44.2 Å². The fourth-order valence-electron chi connectivity index (χ4n) is 4.73. The molecule has 0 bridgehead atoms. The number of thioether (sulfide) groups is 1. The van der Waals surface area contributed by atoms with Crippen LogP contribution in [0.15, 0.2) is 78.9 Å². The molecule has 0 radical (unpaired) electrons. The lowest BCUT2D eigenvalue weighted by Gasteiger charge is -2.24. The van der Waals surface area contributed by atoms with E-state index in [2.05, 4.69) is 5.32 Å². The number of anilines is 1. The van der Waals surface area contributed by atoms with Crippen molar-refractivity contribution in [3.8, 4) is 22.7 Å². The van der Waals surface area contributed by atoms with Crippen molar-refractivity contribution in [2.45, 2.75) is 25.1 Å². The second kappa shape index (κ2) is 11.3. The topological polar surface area (TPSA) is 76.5 Å². The molecule has 0 unspecified atom stereocenters. The van der Waals surface area contributed by atoms with E-state index in [1.807, 2.05) is 68.4 Å². The number of hydrogen-bond acceptors (Lipinski definition) is 5. The van der Waals surface area contributed by atoms with Crippen molar-refractivity contribution in [1.29, 1.82) is 0 Å². The van der Waals surface area contributed by atoms with E-state index in [0.29, 0.717) is 22.9 Å². The highest BCUT2D eigenvalue weighted by molar-refractivity contribution is 8.00. The molecule has 2 heterocycles. The number of fused-ring (bicyclic) bond motifs is 1. The first-order chi connectivity index (χ1) is 18.9. The Labute approximate surface area is 231 Å². The van der Waals surface area contributed by atoms with Gasteiger partial charge in [0.2, 0.25) is 11.8 Å². The summed E-state index contributed by atoms with van der Waals surface area (Å²) in [5.41, 5.74) is 3.77. The van der Waals surface area contributed by atoms with Gasteiger partial charge >= 0.3 is 0 Å². The fraction of sp³-hybridized carbons (Fsp3) is 0.233. The van der Waals surface area contributed by atoms with Gasteiger partial charge in [-0.15, -0.1) is 11.8 Å². The van der Waals surface area contributed by atoms with Gasteiger partial charge in [0.15, 0.2) is 0 Å². The molecule has 0 aliphatic carbocycles. The van der Waals surface area contributed by atoms with E-state index in [1.54, 1.807) is 23.9 Å². The van der Waals surface area contributed by atoms with Crippen molar-refractivity contribution in [2.75, 3.05) is 24.3 Å². The first-order valence-electron chi connectivity index (χ1n) is 12.7. The number of para-hydroxylation sites is 1. The van der Waals surface area contributed by atoms with Crippen LogP contribution in [0, 0.1) is 5.82 Å². The quantitative estimate of drug-likeness (QED) is 0.338. The monoisotopic (exact) mass is 544 g/mol. The Bertz CT molecular complexity index is 1490. The van der Waals surface area contributed by atoms with Gasteiger partial charge in [-0.3, -0.25) is 14.5 Å². The van der Waals surface area contributed by atoms with Gasteiger partial charge < -0.3 is 10.1 Å². The van der Waals surface area contributed by atoms with Crippen molar-refractivity contribution >= 4 is 29.4 Å². The summed E-state index contributed by atoms with van der Waals surface area (Å²) in [6.07, 6.45) is 0. The highest BCUT2D eigenvalue weighted by Crippen LogP contribution is 2.50. The van der Waals surface area contributed by atoms with Crippen molar-refractivity contribution < 1.29 is 18.7 Å². The van der Waals surface area contributed by atoms with Crippen LogP contribution in [0.1, 0.15) is 30.2 Å². The zero-order chi connectivity index (χ0) is 27.5. The summed E-state index contributed by atoms with van der Waals surface area (Å²) < 4.78 is 21.3. The molecule has 0 spiro atoms. The third kappa shape index (κ3) is 5.40. The molecule has 1 N–H and O–H groups in total. The molecule has 7 nitrogen and oxygen atoms in total. The van der Waals surface area contributed by atoms with E-state index >= 15 is 0 Å². The number of carbonyl (C=O) groups is 2. The number of ether oxygens (including phenoxy) is 1. The second-order valence-electron chi connectivity index (χ2n) is 9.48. The predicted molar refractivity (Wildman–Crippen MR) is 152 cm³/mol. The summed E-state index contributed by atoms with van der Waals surface area (Å²) in [6.45, 7) is 3.57. The molecule has 3 aromatic carbocycles. The maximum absolute atomic E-state index is 13.9. The Morgan fingerprint density at radius 1 is 1.08 bits per heavy atom. The number of aromatic nitrogens is 2. The first kappa shape index (κ1) is 26.5. The highest BCUT2D eigenvalue weighted by Gasteiger charge is 2.38. The molecule has 2 amide bonds. The molecule has 1 aromatic heterocycles. The molecular formula is C30H29FN4O3S. The van der Waals surface area contributed by atoms with Crippen LogP contribution in [0.2, 0.25) is 0 Å². The molecule has 0 saturated heterocycles. The third-order valence-corrected chi connectivity index (χ3v) is 7.62. The molecule has 9 heteroatoms. The van der Waals surface area contributed by atoms with Gasteiger partial charge in [-0.1, -0.05) is 48.5 Å². The minimum absolute atomic E-state index is 0.0864. The molecule has 0 fully saturated rings. The first-order valence-corrected chi connectivity index (χ1v) is 13.7. The van der Waals surface area contributed by atoms with E-state index in [-0.39, 0.29) is 41.2 Å². The highest BCUT2D eigenvalue weighted by atomic mass is 32.2. The lowest BCUT2D eigenvalue weighted by Crippen LogP contribution is -2.44. The molecule has 4 aromatic rings. The van der Waals surface area contributed by atoms with Gasteiger partial charge in [0.25, 0.3) is 0 Å². The van der Waals surface area contributed by atoms with E-state index in [0.717, 1.165) is 16.7 Å². The number of methoxy groups -OCH3 is 1. The maximum atomic E-state index is 13.9. The average molecular weight is 545 g/mol. The van der Waals surface area contributed by atoms with Crippen LogP contribution in [0.3, 0.4) is 0 Å². The summed E-state index contributed by atoms with van der Waals surface area (Å²) in [4.78, 5) is 28.2. The van der Waals surface area contributed by atoms with Crippen molar-refractivity contribution in [1.82, 2.24) is 15.1 Å². The number of amides is 2. The summed E-state index contributed by atoms with van der Waals surface area (Å²) in [5, 5.41) is 7.56. The van der Waals surface area contributed by atoms with E-state index in [4.69, 9.17) is 9.84 Å². The Morgan fingerprint density at radius 2 is 1.77 bits per heavy atom. The molecule has 5 rings (SSSR count). The molecule has 200 valence electrons. The number of nitrogens with one attached hydrogen (secondary N) is 1. The van der Waals surface area contributed by atoms with E-state index in [9.17, 15) is 14.0 Å². The average Bonchev–Trinajstić information content (AvgIpc) is 3.26. The van der Waals surface area contributed by atoms with Crippen molar-refractivity contribution in [3.05, 3.63) is 95.8 Å². The van der Waals surface area contributed by atoms with Gasteiger partial charge in [0.05, 0.1) is 29.5 Å². The molecular weight excluding hydrogens is 515 g/mol. The lowest BCUT2D eigenvalue weighted by molar-refractivity contribution is -0.123. The lowest BCUT2D eigenvalue weighted by atomic mass is 9.99. The van der Waals surface area contributed by atoms with Crippen LogP contribution in [0.4, 0.5) is 10.2 Å². The Hall–Kier alpha value is -4.11. The number of halogens is 1. The molecule has 1 aliphatic rings. The molecule has 0 saturated carbocycles. The molecule has 1 aliphatic heterocycles. The largest absolute Gasteiger partial charge is 0.496 e. The van der Waals surface area contributed by atoms with Crippen LogP contribution < -0.4 is 15.0 Å². The summed E-state index contributed by atoms with van der Waals surface area (Å²) >= 11 is 1.47. The van der Waals surface area contributed by atoms with Gasteiger partial charge in [-0.25, -0.2) is 9.07 Å². The van der Waals surface area contributed by atoms with Gasteiger partial charge in [0.1, 0.15) is 23.9 Å². The number of carbonyl (C=O) groups excluding carboxylic acids is 2. The fourth-order valence-corrected chi connectivity index (χ4v) is 5.95. The minimum atomic E-state index is -0.382. The summed E-state index contributed by atoms with van der Waals surface area (Å²) in [6, 6.07) is 23.3. The SMILES string of the molecule is COc1ccccc1[C@@H]1SCC(=O)N(CC(=O)NC(C)C)c2c1c(-c1ccccc1)nn2-c1ccc(F)cc1. The zero-order valence-electron chi connectivity index (χ0n) is 21.9. The number of benzene rings is 3. The Balaban J connectivity index is 1.81. The van der Waals surface area contributed by atoms with Crippen LogP contribution in [0.5, 0.6) is 5.75 Å². The summed E-state index contributed by atoms with van der Waals surface area (Å²) in [7, 11) is 1.62. The zero-order valence-corrected chi connectivity index (χ0v) is 22.7. The minimum Gasteiger partial charge on any atom is -0.496 e. The van der Waals surface area contributed by atoms with E-state index in [1.165, 1.54) is 28.8 Å². The smallest absolute Gasteiger partial charge is 0.240 e. The van der Waals surface area contributed by atoms with Crippen molar-refractivity contribution in [3.63, 3.8) is 0 Å². The molecule has 1 atom stereocenters. The number of rotatable bonds is 7. The van der Waals surface area contributed by atoms with Gasteiger partial charge in [0, 0.05) is 22.7 Å². The maximum Gasteiger partial charge on any atom is 0.240 e. The van der Waals surface area contributed by atoms with E-state index < -0.39 is 0 Å². The normalized spacial score (nSPS) is 15.2. The number of nitrogens with zero attached hydrogens (tertiary/aromatic N) is 3. The van der Waals surface area contributed by atoms with Crippen LogP contribution in [-0.4, -0.2) is 47.0 Å². The Kier molecular flexibility index (Phi) is 7.70. The summed E-state index contributed by atoms with van der Waals surface area (Å²) in [5.74, 6) is 0.424. The number of hydrogen-bond donors (Lipinski definition) is 1. The van der Waals surface area contributed by atoms with Crippen molar-refractivity contribution in [2.24, 2.45) is 0 Å².